The van der Waals surface area contributed by atoms with Crippen molar-refractivity contribution in [3.8, 4) is 0 Å². The van der Waals surface area contributed by atoms with Crippen molar-refractivity contribution < 1.29 is 4.79 Å². The molecule has 1 aromatic carbocycles. The van der Waals surface area contributed by atoms with Gasteiger partial charge in [0.2, 0.25) is 6.41 Å². The van der Waals surface area contributed by atoms with Gasteiger partial charge in [-0.1, -0.05) is 43.7 Å². The lowest BCUT2D eigenvalue weighted by atomic mass is 9.90. The Balaban J connectivity index is 2.44. The average molecular weight is 219 g/mol. The van der Waals surface area contributed by atoms with Gasteiger partial charge in [-0.15, -0.1) is 0 Å². The molecular weight excluding hydrogens is 198 g/mol. The van der Waals surface area contributed by atoms with Gasteiger partial charge in [-0.05, 0) is 30.7 Å². The van der Waals surface area contributed by atoms with E-state index in [9.17, 15) is 4.79 Å². The first-order valence-corrected chi connectivity index (χ1v) is 6.10. The normalized spacial score (nSPS) is 12.1. The number of hydrogen-bond acceptors (Lipinski definition) is 1. The molecule has 0 aromatic heterocycles. The van der Waals surface area contributed by atoms with Crippen molar-refractivity contribution in [3.63, 3.8) is 0 Å². The van der Waals surface area contributed by atoms with Crippen LogP contribution >= 0.6 is 0 Å². The third-order valence-corrected chi connectivity index (χ3v) is 2.87. The lowest BCUT2D eigenvalue weighted by molar-refractivity contribution is -0.109. The van der Waals surface area contributed by atoms with Gasteiger partial charge in [-0.2, -0.15) is 0 Å². The Kier molecular flexibility index (Phi) is 6.31. The summed E-state index contributed by atoms with van der Waals surface area (Å²) in [5.41, 5.74) is 1.43. The largest absolute Gasteiger partial charge is 0.359 e. The van der Waals surface area contributed by atoms with Gasteiger partial charge in [0.25, 0.3) is 0 Å². The number of carbonyl (C=O) groups excluding carboxylic acids is 1. The average Bonchev–Trinajstić information content (AvgIpc) is 2.34. The van der Waals surface area contributed by atoms with Gasteiger partial charge >= 0.3 is 0 Å². The van der Waals surface area contributed by atoms with Gasteiger partial charge in [0.05, 0.1) is 0 Å². The monoisotopic (exact) mass is 219 g/mol. The lowest BCUT2D eigenvalue weighted by Crippen LogP contribution is -2.13. The second kappa shape index (κ2) is 7.91. The number of benzene rings is 1. The van der Waals surface area contributed by atoms with E-state index >= 15 is 0 Å². The fourth-order valence-corrected chi connectivity index (χ4v) is 2.06. The molecule has 0 radical (unpaired) electrons. The quantitative estimate of drug-likeness (QED) is 0.528. The summed E-state index contributed by atoms with van der Waals surface area (Å²) >= 11 is 0. The summed E-state index contributed by atoms with van der Waals surface area (Å²) in [5.74, 6) is 0.639. The minimum Gasteiger partial charge on any atom is -0.359 e. The Morgan fingerprint density at radius 2 is 2.00 bits per heavy atom. The van der Waals surface area contributed by atoms with Crippen molar-refractivity contribution in [2.24, 2.45) is 0 Å². The van der Waals surface area contributed by atoms with Crippen LogP contribution in [-0.2, 0) is 4.79 Å². The molecule has 1 atom stereocenters. The second-order valence-electron chi connectivity index (χ2n) is 4.11. The third-order valence-electron chi connectivity index (χ3n) is 2.87. The zero-order valence-corrected chi connectivity index (χ0v) is 9.99. The predicted octanol–water partition coefficient (Wildman–Crippen LogP) is 3.10. The summed E-state index contributed by atoms with van der Waals surface area (Å²) in [7, 11) is 0. The van der Waals surface area contributed by atoms with Crippen molar-refractivity contribution in [1.29, 1.82) is 0 Å². The molecule has 0 spiro atoms. The number of nitrogens with one attached hydrogen (secondary N) is 1. The maximum absolute atomic E-state index is 10.1. The van der Waals surface area contributed by atoms with Crippen LogP contribution in [0.25, 0.3) is 0 Å². The molecule has 0 fully saturated rings. The Morgan fingerprint density at radius 3 is 2.62 bits per heavy atom. The summed E-state index contributed by atoms with van der Waals surface area (Å²) in [4.78, 5) is 10.1. The van der Waals surface area contributed by atoms with E-state index in [-0.39, 0.29) is 0 Å². The first kappa shape index (κ1) is 12.8. The highest BCUT2D eigenvalue weighted by Gasteiger charge is 2.09. The van der Waals surface area contributed by atoms with Crippen molar-refractivity contribution >= 4 is 6.41 Å². The maximum Gasteiger partial charge on any atom is 0.207 e. The summed E-state index contributed by atoms with van der Waals surface area (Å²) in [6.45, 7) is 3.01. The summed E-state index contributed by atoms with van der Waals surface area (Å²) in [6, 6.07) is 10.7. The molecule has 16 heavy (non-hydrogen) atoms. The molecule has 0 saturated carbocycles. The van der Waals surface area contributed by atoms with Crippen LogP contribution in [0.1, 0.15) is 44.1 Å². The molecule has 1 amide bonds. The fraction of sp³-hybridized carbons (Fsp3) is 0.500. The topological polar surface area (TPSA) is 29.1 Å². The summed E-state index contributed by atoms with van der Waals surface area (Å²) < 4.78 is 0. The molecule has 1 N–H and O–H groups in total. The van der Waals surface area contributed by atoms with Crippen LogP contribution in [0.2, 0.25) is 0 Å². The molecule has 2 nitrogen and oxygen atoms in total. The Hall–Kier alpha value is -1.31. The van der Waals surface area contributed by atoms with Crippen LogP contribution in [0.4, 0.5) is 0 Å². The first-order chi connectivity index (χ1) is 7.88. The van der Waals surface area contributed by atoms with Gasteiger partial charge in [0.15, 0.2) is 0 Å². The highest BCUT2D eigenvalue weighted by Crippen LogP contribution is 2.25. The van der Waals surface area contributed by atoms with E-state index in [1.807, 2.05) is 0 Å². The van der Waals surface area contributed by atoms with Crippen LogP contribution in [0.5, 0.6) is 0 Å². The molecule has 1 unspecified atom stereocenters. The summed E-state index contributed by atoms with van der Waals surface area (Å²) in [6.07, 6.45) is 5.42. The number of carbonyl (C=O) groups is 1. The van der Waals surface area contributed by atoms with Crippen LogP contribution in [-0.4, -0.2) is 13.0 Å². The van der Waals surface area contributed by atoms with E-state index in [2.05, 4.69) is 42.6 Å². The molecule has 1 rings (SSSR count). The van der Waals surface area contributed by atoms with Gasteiger partial charge in [0, 0.05) is 6.54 Å². The minimum absolute atomic E-state index is 0.639. The van der Waals surface area contributed by atoms with Crippen molar-refractivity contribution in [1.82, 2.24) is 5.32 Å². The van der Waals surface area contributed by atoms with Gasteiger partial charge in [-0.3, -0.25) is 4.79 Å². The number of amides is 1. The van der Waals surface area contributed by atoms with E-state index in [0.29, 0.717) is 5.92 Å². The maximum atomic E-state index is 10.1. The standard InChI is InChI=1S/C14H21NO/c1-2-7-13(10-6-11-15-12-16)14-8-4-3-5-9-14/h3-5,8-9,12-13H,2,6-7,10-11H2,1H3,(H,15,16). The SMILES string of the molecule is CCCC(CCCNC=O)c1ccccc1. The van der Waals surface area contributed by atoms with Crippen LogP contribution in [0, 0.1) is 0 Å². The molecule has 0 aliphatic heterocycles. The molecule has 0 aliphatic carbocycles. The summed E-state index contributed by atoms with van der Waals surface area (Å²) in [5, 5.41) is 2.72. The fourth-order valence-electron chi connectivity index (χ4n) is 2.06. The molecule has 2 heteroatoms. The van der Waals surface area contributed by atoms with Crippen molar-refractivity contribution in [2.75, 3.05) is 6.54 Å². The van der Waals surface area contributed by atoms with E-state index in [1.165, 1.54) is 18.4 Å². The van der Waals surface area contributed by atoms with Crippen LogP contribution < -0.4 is 5.32 Å². The van der Waals surface area contributed by atoms with Gasteiger partial charge in [-0.25, -0.2) is 0 Å². The molecular formula is C14H21NO. The third kappa shape index (κ3) is 4.47. The smallest absolute Gasteiger partial charge is 0.207 e. The first-order valence-electron chi connectivity index (χ1n) is 6.10. The number of hydrogen-bond donors (Lipinski definition) is 1. The molecule has 0 heterocycles. The van der Waals surface area contributed by atoms with E-state index < -0.39 is 0 Å². The van der Waals surface area contributed by atoms with E-state index in [0.717, 1.165) is 25.8 Å². The van der Waals surface area contributed by atoms with Crippen molar-refractivity contribution in [3.05, 3.63) is 35.9 Å². The van der Waals surface area contributed by atoms with E-state index in [1.54, 1.807) is 0 Å². The Bertz CT molecular complexity index is 284. The second-order valence-corrected chi connectivity index (χ2v) is 4.11. The Labute approximate surface area is 98.1 Å². The molecule has 0 saturated heterocycles. The zero-order chi connectivity index (χ0) is 11.6. The van der Waals surface area contributed by atoms with Gasteiger partial charge < -0.3 is 5.32 Å². The molecule has 88 valence electrons. The number of rotatable bonds is 8. The van der Waals surface area contributed by atoms with Gasteiger partial charge in [0.1, 0.15) is 0 Å². The van der Waals surface area contributed by atoms with Crippen LogP contribution in [0.15, 0.2) is 30.3 Å². The van der Waals surface area contributed by atoms with E-state index in [4.69, 9.17) is 0 Å². The Morgan fingerprint density at radius 1 is 1.25 bits per heavy atom. The van der Waals surface area contributed by atoms with Crippen LogP contribution in [0.3, 0.4) is 0 Å². The predicted molar refractivity (Wildman–Crippen MR) is 67.4 cm³/mol. The lowest BCUT2D eigenvalue weighted by Gasteiger charge is -2.16. The zero-order valence-electron chi connectivity index (χ0n) is 9.99. The molecule has 1 aromatic rings. The highest BCUT2D eigenvalue weighted by molar-refractivity contribution is 5.45. The highest BCUT2D eigenvalue weighted by atomic mass is 16.1. The molecule has 0 bridgehead atoms. The molecule has 0 aliphatic rings. The van der Waals surface area contributed by atoms with Crippen molar-refractivity contribution in [2.45, 2.75) is 38.5 Å². The minimum atomic E-state index is 0.639.